The van der Waals surface area contributed by atoms with Gasteiger partial charge in [-0.3, -0.25) is 9.78 Å². The molecule has 23 heavy (non-hydrogen) atoms. The fourth-order valence-corrected chi connectivity index (χ4v) is 2.35. The summed E-state index contributed by atoms with van der Waals surface area (Å²) in [6.07, 6.45) is 3.03. The van der Waals surface area contributed by atoms with E-state index in [0.29, 0.717) is 22.0 Å². The smallest absolute Gasteiger partial charge is 0.271 e. The molecule has 114 valence electrons. The number of aromatic hydroxyl groups is 1. The van der Waals surface area contributed by atoms with Gasteiger partial charge in [-0.05, 0) is 24.3 Å². The quantitative estimate of drug-likeness (QED) is 0.573. The summed E-state index contributed by atoms with van der Waals surface area (Å²) < 4.78 is 0. The molecule has 0 aliphatic heterocycles. The Morgan fingerprint density at radius 3 is 2.78 bits per heavy atom. The average molecular weight is 326 g/mol. The topological polar surface area (TPSA) is 74.6 Å². The van der Waals surface area contributed by atoms with Crippen molar-refractivity contribution < 1.29 is 9.90 Å². The van der Waals surface area contributed by atoms with E-state index in [1.165, 1.54) is 6.21 Å². The zero-order valence-corrected chi connectivity index (χ0v) is 12.7. The highest BCUT2D eigenvalue weighted by molar-refractivity contribution is 6.33. The first-order chi connectivity index (χ1) is 11.2. The number of amides is 1. The Labute approximate surface area is 137 Å². The summed E-state index contributed by atoms with van der Waals surface area (Å²) in [7, 11) is 0. The molecule has 0 fully saturated rings. The van der Waals surface area contributed by atoms with Crippen LogP contribution in [0.1, 0.15) is 15.9 Å². The van der Waals surface area contributed by atoms with Crippen LogP contribution in [0.3, 0.4) is 0 Å². The molecule has 3 rings (SSSR count). The number of hydrazone groups is 1. The minimum absolute atomic E-state index is 0.0762. The van der Waals surface area contributed by atoms with Crippen LogP contribution >= 0.6 is 11.6 Å². The molecule has 2 N–H and O–H groups in total. The highest BCUT2D eigenvalue weighted by atomic mass is 35.5. The first kappa shape index (κ1) is 15.0. The standard InChI is InChI=1S/C17H12ClN3O2/c18-14-9-12(13-7-4-8-19-15(13)16(14)22)10-20-21-17(23)11-5-2-1-3-6-11/h1-10,22H,(H,21,23)/b20-10-. The van der Waals surface area contributed by atoms with Crippen molar-refractivity contribution in [1.29, 1.82) is 0 Å². The summed E-state index contributed by atoms with van der Waals surface area (Å²) in [4.78, 5) is 16.0. The number of nitrogens with one attached hydrogen (secondary N) is 1. The van der Waals surface area contributed by atoms with Crippen LogP contribution < -0.4 is 5.43 Å². The van der Waals surface area contributed by atoms with Crippen molar-refractivity contribution in [1.82, 2.24) is 10.4 Å². The minimum atomic E-state index is -0.311. The molecule has 1 aromatic heterocycles. The molecule has 0 unspecified atom stereocenters. The van der Waals surface area contributed by atoms with Gasteiger partial charge in [-0.2, -0.15) is 5.10 Å². The average Bonchev–Trinajstić information content (AvgIpc) is 2.60. The third kappa shape index (κ3) is 3.14. The molecule has 0 spiro atoms. The highest BCUT2D eigenvalue weighted by Crippen LogP contribution is 2.32. The third-order valence-electron chi connectivity index (χ3n) is 3.26. The Balaban J connectivity index is 1.87. The number of carbonyl (C=O) groups is 1. The molecule has 0 saturated heterocycles. The van der Waals surface area contributed by atoms with E-state index in [2.05, 4.69) is 15.5 Å². The maximum atomic E-state index is 11.9. The van der Waals surface area contributed by atoms with E-state index >= 15 is 0 Å². The summed E-state index contributed by atoms with van der Waals surface area (Å²) in [5.41, 5.74) is 3.99. The fraction of sp³-hybridized carbons (Fsp3) is 0. The zero-order valence-electron chi connectivity index (χ0n) is 11.9. The molecule has 3 aromatic rings. The Kier molecular flexibility index (Phi) is 4.21. The number of hydrogen-bond donors (Lipinski definition) is 2. The van der Waals surface area contributed by atoms with Crippen molar-refractivity contribution in [2.24, 2.45) is 5.10 Å². The summed E-state index contributed by atoms with van der Waals surface area (Å²) in [6.45, 7) is 0. The lowest BCUT2D eigenvalue weighted by Gasteiger charge is -2.05. The molecular formula is C17H12ClN3O2. The maximum absolute atomic E-state index is 11.9. The summed E-state index contributed by atoms with van der Waals surface area (Å²) in [5, 5.41) is 14.7. The number of benzene rings is 2. The van der Waals surface area contributed by atoms with E-state index < -0.39 is 0 Å². The molecule has 0 aliphatic carbocycles. The zero-order chi connectivity index (χ0) is 16.2. The number of aromatic nitrogens is 1. The number of halogens is 1. The first-order valence-electron chi connectivity index (χ1n) is 6.81. The van der Waals surface area contributed by atoms with E-state index in [0.717, 1.165) is 0 Å². The summed E-state index contributed by atoms with van der Waals surface area (Å²) >= 11 is 5.99. The van der Waals surface area contributed by atoms with Crippen molar-refractivity contribution in [3.63, 3.8) is 0 Å². The minimum Gasteiger partial charge on any atom is -0.504 e. The number of rotatable bonds is 3. The van der Waals surface area contributed by atoms with E-state index in [1.807, 2.05) is 6.07 Å². The molecule has 6 heteroatoms. The van der Waals surface area contributed by atoms with Gasteiger partial charge in [0.05, 0.1) is 11.2 Å². The lowest BCUT2D eigenvalue weighted by atomic mass is 10.1. The van der Waals surface area contributed by atoms with Gasteiger partial charge < -0.3 is 5.11 Å². The molecule has 1 amide bonds. The monoisotopic (exact) mass is 325 g/mol. The summed E-state index contributed by atoms with van der Waals surface area (Å²) in [5.74, 6) is -0.387. The number of fused-ring (bicyclic) bond motifs is 1. The predicted octanol–water partition coefficient (Wildman–Crippen LogP) is 3.36. The first-order valence-corrected chi connectivity index (χ1v) is 7.19. The Morgan fingerprint density at radius 2 is 2.00 bits per heavy atom. The Bertz CT molecular complexity index is 895. The second-order valence-electron chi connectivity index (χ2n) is 4.76. The SMILES string of the molecule is O=C(N/N=C\c1cc(Cl)c(O)c2ncccc12)c1ccccc1. The number of carbonyl (C=O) groups excluding carboxylic acids is 1. The van der Waals surface area contributed by atoms with Crippen LogP contribution in [0.4, 0.5) is 0 Å². The second-order valence-corrected chi connectivity index (χ2v) is 5.17. The second kappa shape index (κ2) is 6.46. The van der Waals surface area contributed by atoms with Crippen molar-refractivity contribution in [3.8, 4) is 5.75 Å². The molecule has 0 atom stereocenters. The molecule has 0 saturated carbocycles. The van der Waals surface area contributed by atoms with E-state index in [9.17, 15) is 9.90 Å². The van der Waals surface area contributed by atoms with Gasteiger partial charge in [0.15, 0.2) is 5.75 Å². The predicted molar refractivity (Wildman–Crippen MR) is 89.9 cm³/mol. The molecular weight excluding hydrogens is 314 g/mol. The number of nitrogens with zero attached hydrogens (tertiary/aromatic N) is 2. The van der Waals surface area contributed by atoms with Crippen molar-refractivity contribution in [3.05, 3.63) is 70.9 Å². The van der Waals surface area contributed by atoms with Crippen LogP contribution in [0.15, 0.2) is 59.8 Å². The van der Waals surface area contributed by atoms with Gasteiger partial charge in [0.1, 0.15) is 5.52 Å². The van der Waals surface area contributed by atoms with E-state index in [-0.39, 0.29) is 16.7 Å². The van der Waals surface area contributed by atoms with Crippen LogP contribution in [0.2, 0.25) is 5.02 Å². The van der Waals surface area contributed by atoms with Gasteiger partial charge in [-0.25, -0.2) is 5.43 Å². The van der Waals surface area contributed by atoms with Crippen LogP contribution in [0.5, 0.6) is 5.75 Å². The van der Waals surface area contributed by atoms with E-state index in [1.54, 1.807) is 48.7 Å². The molecule has 2 aromatic carbocycles. The molecule has 0 bridgehead atoms. The van der Waals surface area contributed by atoms with Gasteiger partial charge in [0, 0.05) is 22.7 Å². The number of pyridine rings is 1. The Hall–Kier alpha value is -2.92. The maximum Gasteiger partial charge on any atom is 0.271 e. The molecule has 5 nitrogen and oxygen atoms in total. The summed E-state index contributed by atoms with van der Waals surface area (Å²) in [6, 6.07) is 13.9. The van der Waals surface area contributed by atoms with Crippen molar-refractivity contribution >= 4 is 34.6 Å². The van der Waals surface area contributed by atoms with Crippen molar-refractivity contribution in [2.75, 3.05) is 0 Å². The van der Waals surface area contributed by atoms with Crippen LogP contribution in [-0.4, -0.2) is 22.2 Å². The van der Waals surface area contributed by atoms with Gasteiger partial charge in [0.2, 0.25) is 0 Å². The van der Waals surface area contributed by atoms with Crippen molar-refractivity contribution in [2.45, 2.75) is 0 Å². The number of phenols is 1. The Morgan fingerprint density at radius 1 is 1.22 bits per heavy atom. The number of phenolic OH excluding ortho intramolecular Hbond substituents is 1. The fourth-order valence-electron chi connectivity index (χ4n) is 2.14. The van der Waals surface area contributed by atoms with Gasteiger partial charge in [0.25, 0.3) is 5.91 Å². The van der Waals surface area contributed by atoms with Gasteiger partial charge in [-0.1, -0.05) is 35.9 Å². The number of hydrogen-bond acceptors (Lipinski definition) is 4. The molecule has 0 aliphatic rings. The van der Waals surface area contributed by atoms with Crippen LogP contribution in [0, 0.1) is 0 Å². The third-order valence-corrected chi connectivity index (χ3v) is 3.55. The van der Waals surface area contributed by atoms with Gasteiger partial charge >= 0.3 is 0 Å². The van der Waals surface area contributed by atoms with Crippen LogP contribution in [0.25, 0.3) is 10.9 Å². The van der Waals surface area contributed by atoms with Crippen LogP contribution in [-0.2, 0) is 0 Å². The van der Waals surface area contributed by atoms with Gasteiger partial charge in [-0.15, -0.1) is 0 Å². The normalized spacial score (nSPS) is 11.0. The lowest BCUT2D eigenvalue weighted by molar-refractivity contribution is 0.0955. The van der Waals surface area contributed by atoms with E-state index in [4.69, 9.17) is 11.6 Å². The molecule has 0 radical (unpaired) electrons. The largest absolute Gasteiger partial charge is 0.504 e. The lowest BCUT2D eigenvalue weighted by Crippen LogP contribution is -2.17. The molecule has 1 heterocycles. The highest BCUT2D eigenvalue weighted by Gasteiger charge is 2.10.